The topological polar surface area (TPSA) is 55.4 Å². The van der Waals surface area contributed by atoms with Gasteiger partial charge in [0.05, 0.1) is 42.7 Å². The fourth-order valence-electron chi connectivity index (χ4n) is 6.05. The zero-order chi connectivity index (χ0) is 28.2. The summed E-state index contributed by atoms with van der Waals surface area (Å²) in [6, 6.07) is 27.3. The molecule has 4 aromatic rings. The van der Waals surface area contributed by atoms with Crippen molar-refractivity contribution in [3.8, 4) is 34.5 Å². The van der Waals surface area contributed by atoms with Gasteiger partial charge in [-0.25, -0.2) is 0 Å². The molecule has 6 nitrogen and oxygen atoms in total. The van der Waals surface area contributed by atoms with Gasteiger partial charge in [-0.05, 0) is 88.7 Å². The molecule has 0 amide bonds. The van der Waals surface area contributed by atoms with E-state index in [2.05, 4.69) is 48.5 Å². The third-order valence-electron chi connectivity index (χ3n) is 8.02. The number of hydrogen-bond acceptors (Lipinski definition) is 6. The third-order valence-corrected chi connectivity index (χ3v) is 8.02. The van der Waals surface area contributed by atoms with Crippen molar-refractivity contribution in [3.05, 3.63) is 107 Å². The molecular formula is C34H36O6. The van der Waals surface area contributed by atoms with E-state index in [1.54, 1.807) is 42.7 Å². The van der Waals surface area contributed by atoms with E-state index in [0.717, 1.165) is 29.2 Å². The smallest absolute Gasteiger partial charge is 0.161 e. The van der Waals surface area contributed by atoms with E-state index in [1.165, 1.54) is 22.3 Å². The van der Waals surface area contributed by atoms with Crippen molar-refractivity contribution in [2.24, 2.45) is 0 Å². The van der Waals surface area contributed by atoms with Crippen LogP contribution in [0.5, 0.6) is 34.5 Å². The van der Waals surface area contributed by atoms with Crippen LogP contribution in [0.4, 0.5) is 0 Å². The van der Waals surface area contributed by atoms with Gasteiger partial charge < -0.3 is 28.4 Å². The Morgan fingerprint density at radius 1 is 0.475 bits per heavy atom. The van der Waals surface area contributed by atoms with Crippen molar-refractivity contribution in [1.82, 2.24) is 0 Å². The standard InChI is InChI=1S/C34H36O6/c1-35-25-12-7-21(8-13-25)27-17-24-19-31(39-5)32(40-6)20-28(24)34(23-11-16-29(37-3)30(18-23)38-4)33(27)22-9-14-26(36-2)15-10-22/h7-16,18-20,27,33-34H,17H2,1-6H3/t27-,33-,34-/m0/s1. The van der Waals surface area contributed by atoms with Gasteiger partial charge in [-0.3, -0.25) is 0 Å². The van der Waals surface area contributed by atoms with Crippen molar-refractivity contribution in [2.45, 2.75) is 24.2 Å². The molecule has 0 spiro atoms. The average molecular weight is 541 g/mol. The van der Waals surface area contributed by atoms with E-state index in [4.69, 9.17) is 28.4 Å². The maximum Gasteiger partial charge on any atom is 0.161 e. The van der Waals surface area contributed by atoms with E-state index >= 15 is 0 Å². The highest BCUT2D eigenvalue weighted by Gasteiger charge is 2.40. The predicted octanol–water partition coefficient (Wildman–Crippen LogP) is 6.99. The van der Waals surface area contributed by atoms with Gasteiger partial charge in [-0.15, -0.1) is 0 Å². The Hall–Kier alpha value is -4.32. The first-order valence-corrected chi connectivity index (χ1v) is 13.3. The fraction of sp³-hybridized carbons (Fsp3) is 0.294. The highest BCUT2D eigenvalue weighted by Crippen LogP contribution is 2.55. The molecule has 0 saturated carbocycles. The lowest BCUT2D eigenvalue weighted by atomic mass is 9.62. The molecule has 208 valence electrons. The molecule has 0 aromatic heterocycles. The first-order chi connectivity index (χ1) is 19.5. The third kappa shape index (κ3) is 5.02. The zero-order valence-corrected chi connectivity index (χ0v) is 23.9. The van der Waals surface area contributed by atoms with Crippen LogP contribution >= 0.6 is 0 Å². The SMILES string of the molecule is COc1ccc([C@@H]2[C@@H](c3ccc(OC)c(OC)c3)c3cc(OC)c(OC)cc3C[C@H]2c2ccc(OC)cc2)cc1. The Morgan fingerprint density at radius 2 is 0.975 bits per heavy atom. The number of rotatable bonds is 9. The van der Waals surface area contributed by atoms with Crippen LogP contribution in [0, 0.1) is 0 Å². The van der Waals surface area contributed by atoms with Gasteiger partial charge in [-0.1, -0.05) is 30.3 Å². The molecule has 0 aliphatic heterocycles. The summed E-state index contributed by atoms with van der Waals surface area (Å²) in [5.41, 5.74) is 6.03. The Balaban J connectivity index is 1.78. The molecule has 1 aliphatic carbocycles. The van der Waals surface area contributed by atoms with E-state index in [1.807, 2.05) is 30.3 Å². The van der Waals surface area contributed by atoms with Crippen LogP contribution in [-0.2, 0) is 6.42 Å². The molecular weight excluding hydrogens is 504 g/mol. The summed E-state index contributed by atoms with van der Waals surface area (Å²) in [6.45, 7) is 0. The Bertz CT molecular complexity index is 1440. The first-order valence-electron chi connectivity index (χ1n) is 13.3. The van der Waals surface area contributed by atoms with Crippen molar-refractivity contribution in [2.75, 3.05) is 42.7 Å². The van der Waals surface area contributed by atoms with Gasteiger partial charge in [-0.2, -0.15) is 0 Å². The van der Waals surface area contributed by atoms with E-state index in [-0.39, 0.29) is 17.8 Å². The summed E-state index contributed by atoms with van der Waals surface area (Å²) in [7, 11) is 10.1. The Labute approximate surface area is 236 Å². The maximum atomic E-state index is 5.78. The molecule has 0 bridgehead atoms. The van der Waals surface area contributed by atoms with E-state index in [0.29, 0.717) is 17.2 Å². The van der Waals surface area contributed by atoms with Crippen LogP contribution in [0.25, 0.3) is 0 Å². The highest BCUT2D eigenvalue weighted by molar-refractivity contribution is 5.57. The summed E-state index contributed by atoms with van der Waals surface area (Å²) < 4.78 is 33.8. The number of methoxy groups -OCH3 is 6. The molecule has 0 fully saturated rings. The minimum absolute atomic E-state index is 0.0103. The summed E-state index contributed by atoms with van der Waals surface area (Å²) in [5, 5.41) is 0. The van der Waals surface area contributed by atoms with Crippen LogP contribution in [0.1, 0.15) is 45.6 Å². The van der Waals surface area contributed by atoms with Gasteiger partial charge in [0.2, 0.25) is 0 Å². The number of ether oxygens (including phenoxy) is 6. The van der Waals surface area contributed by atoms with E-state index < -0.39 is 0 Å². The van der Waals surface area contributed by atoms with Crippen molar-refractivity contribution < 1.29 is 28.4 Å². The number of benzene rings is 4. The average Bonchev–Trinajstić information content (AvgIpc) is 3.02. The highest BCUT2D eigenvalue weighted by atomic mass is 16.5. The van der Waals surface area contributed by atoms with Crippen LogP contribution in [0.2, 0.25) is 0 Å². The van der Waals surface area contributed by atoms with Gasteiger partial charge in [0.25, 0.3) is 0 Å². The van der Waals surface area contributed by atoms with E-state index in [9.17, 15) is 0 Å². The van der Waals surface area contributed by atoms with Crippen molar-refractivity contribution >= 4 is 0 Å². The molecule has 0 radical (unpaired) electrons. The second-order valence-electron chi connectivity index (χ2n) is 9.88. The molecule has 0 N–H and O–H groups in total. The maximum absolute atomic E-state index is 5.78. The van der Waals surface area contributed by atoms with Gasteiger partial charge in [0, 0.05) is 11.8 Å². The van der Waals surface area contributed by atoms with Crippen molar-refractivity contribution in [3.63, 3.8) is 0 Å². The summed E-state index contributed by atoms with van der Waals surface area (Å²) in [5.74, 6) is 4.75. The molecule has 40 heavy (non-hydrogen) atoms. The Morgan fingerprint density at radius 3 is 1.52 bits per heavy atom. The normalized spacial score (nSPS) is 17.9. The Kier molecular flexibility index (Phi) is 8.06. The number of fused-ring (bicyclic) bond motifs is 1. The molecule has 1 aliphatic rings. The van der Waals surface area contributed by atoms with Crippen LogP contribution in [0.3, 0.4) is 0 Å². The molecule has 5 rings (SSSR count). The lowest BCUT2D eigenvalue weighted by molar-refractivity contribution is 0.350. The number of hydrogen-bond donors (Lipinski definition) is 0. The largest absolute Gasteiger partial charge is 0.497 e. The molecule has 4 aromatic carbocycles. The summed E-state index contributed by atoms with van der Waals surface area (Å²) in [6.07, 6.45) is 0.836. The minimum atomic E-state index is -0.0103. The van der Waals surface area contributed by atoms with Crippen molar-refractivity contribution in [1.29, 1.82) is 0 Å². The second-order valence-corrected chi connectivity index (χ2v) is 9.88. The van der Waals surface area contributed by atoms with Crippen LogP contribution in [0.15, 0.2) is 78.9 Å². The summed E-state index contributed by atoms with van der Waals surface area (Å²) >= 11 is 0. The monoisotopic (exact) mass is 540 g/mol. The van der Waals surface area contributed by atoms with Crippen LogP contribution < -0.4 is 28.4 Å². The molecule has 0 heterocycles. The zero-order valence-electron chi connectivity index (χ0n) is 23.9. The molecule has 6 heteroatoms. The lowest BCUT2D eigenvalue weighted by Gasteiger charge is -2.41. The minimum Gasteiger partial charge on any atom is -0.497 e. The fourth-order valence-corrected chi connectivity index (χ4v) is 6.05. The predicted molar refractivity (Wildman–Crippen MR) is 156 cm³/mol. The van der Waals surface area contributed by atoms with Gasteiger partial charge in [0.1, 0.15) is 11.5 Å². The molecule has 0 saturated heterocycles. The molecule has 3 atom stereocenters. The van der Waals surface area contributed by atoms with Gasteiger partial charge >= 0.3 is 0 Å². The van der Waals surface area contributed by atoms with Gasteiger partial charge in [0.15, 0.2) is 23.0 Å². The lowest BCUT2D eigenvalue weighted by Crippen LogP contribution is -2.28. The summed E-state index contributed by atoms with van der Waals surface area (Å²) in [4.78, 5) is 0. The second kappa shape index (κ2) is 11.8. The van der Waals surface area contributed by atoms with Crippen LogP contribution in [-0.4, -0.2) is 42.7 Å². The quantitative estimate of drug-likeness (QED) is 0.228. The first kappa shape index (κ1) is 27.3. The molecule has 0 unspecified atom stereocenters.